The second-order valence-corrected chi connectivity index (χ2v) is 9.29. The van der Waals surface area contributed by atoms with Gasteiger partial charge in [-0.15, -0.1) is 11.8 Å². The third kappa shape index (κ3) is 8.41. The van der Waals surface area contributed by atoms with Gasteiger partial charge in [0.1, 0.15) is 6.04 Å². The van der Waals surface area contributed by atoms with Crippen LogP contribution in [0.3, 0.4) is 0 Å². The van der Waals surface area contributed by atoms with Crippen molar-refractivity contribution in [3.05, 3.63) is 71.3 Å². The van der Waals surface area contributed by atoms with E-state index < -0.39 is 6.04 Å². The summed E-state index contributed by atoms with van der Waals surface area (Å²) in [7, 11) is 0. The number of aryl methyl sites for hydroxylation is 1. The summed E-state index contributed by atoms with van der Waals surface area (Å²) < 4.78 is 0. The van der Waals surface area contributed by atoms with Crippen molar-refractivity contribution in [3.63, 3.8) is 0 Å². The summed E-state index contributed by atoms with van der Waals surface area (Å²) in [6.45, 7) is 9.38. The van der Waals surface area contributed by atoms with Gasteiger partial charge in [-0.05, 0) is 42.4 Å². The average Bonchev–Trinajstić information content (AvgIpc) is 2.76. The maximum absolute atomic E-state index is 13.2. The van der Waals surface area contributed by atoms with Crippen LogP contribution in [0.2, 0.25) is 0 Å². The molecular weight excluding hydrogens is 404 g/mol. The van der Waals surface area contributed by atoms with Gasteiger partial charge in [-0.2, -0.15) is 0 Å². The van der Waals surface area contributed by atoms with Gasteiger partial charge in [0.25, 0.3) is 0 Å². The Bertz CT molecular complexity index is 823. The van der Waals surface area contributed by atoms with Crippen LogP contribution in [0.15, 0.2) is 54.6 Å². The highest BCUT2D eigenvalue weighted by Crippen LogP contribution is 2.18. The first-order valence-corrected chi connectivity index (χ1v) is 12.3. The SMILES string of the molecule is CC[C@H](C(=O)NCC(C)C)N(CCc1ccccc1)C(=O)CSCc1ccccc1C. The quantitative estimate of drug-likeness (QED) is 0.513. The highest BCUT2D eigenvalue weighted by molar-refractivity contribution is 7.99. The predicted octanol–water partition coefficient (Wildman–Crippen LogP) is 4.85. The van der Waals surface area contributed by atoms with Crippen LogP contribution < -0.4 is 5.32 Å². The van der Waals surface area contributed by atoms with Crippen molar-refractivity contribution in [1.29, 1.82) is 0 Å². The molecule has 2 aromatic carbocycles. The number of hydrogen-bond donors (Lipinski definition) is 1. The third-order valence-corrected chi connectivity index (χ3v) is 6.27. The summed E-state index contributed by atoms with van der Waals surface area (Å²) in [4.78, 5) is 27.9. The molecule has 0 unspecified atom stereocenters. The largest absolute Gasteiger partial charge is 0.354 e. The maximum Gasteiger partial charge on any atom is 0.242 e. The summed E-state index contributed by atoms with van der Waals surface area (Å²) in [5.74, 6) is 1.51. The lowest BCUT2D eigenvalue weighted by molar-refractivity contribution is -0.138. The number of hydrogen-bond acceptors (Lipinski definition) is 3. The Kier molecular flexibility index (Phi) is 10.6. The predicted molar refractivity (Wildman–Crippen MR) is 131 cm³/mol. The van der Waals surface area contributed by atoms with E-state index in [1.165, 1.54) is 16.7 Å². The number of nitrogens with one attached hydrogen (secondary N) is 1. The number of carbonyl (C=O) groups excluding carboxylic acids is 2. The first kappa shape index (κ1) is 25.0. The molecule has 0 fully saturated rings. The molecule has 0 saturated carbocycles. The third-order valence-electron chi connectivity index (χ3n) is 5.30. The Hall–Kier alpha value is -2.27. The van der Waals surface area contributed by atoms with Crippen molar-refractivity contribution in [2.24, 2.45) is 5.92 Å². The molecule has 0 aromatic heterocycles. The molecule has 0 spiro atoms. The number of carbonyl (C=O) groups is 2. The van der Waals surface area contributed by atoms with Gasteiger partial charge in [0.2, 0.25) is 11.8 Å². The first-order valence-electron chi connectivity index (χ1n) is 11.2. The normalized spacial score (nSPS) is 11.9. The minimum absolute atomic E-state index is 0.0288. The fraction of sp³-hybridized carbons (Fsp3) is 0.462. The lowest BCUT2D eigenvalue weighted by Crippen LogP contribution is -2.51. The van der Waals surface area contributed by atoms with Crippen LogP contribution >= 0.6 is 11.8 Å². The maximum atomic E-state index is 13.2. The van der Waals surface area contributed by atoms with Crippen LogP contribution in [-0.2, 0) is 21.8 Å². The van der Waals surface area contributed by atoms with Crippen LogP contribution in [0.1, 0.15) is 43.9 Å². The standard InChI is InChI=1S/C26H36N2O2S/c1-5-24(26(30)27-17-20(2)3)28(16-15-22-12-7-6-8-13-22)25(29)19-31-18-23-14-10-9-11-21(23)4/h6-14,20,24H,5,15-19H2,1-4H3,(H,27,30)/t24-/m1/s1. The van der Waals surface area contributed by atoms with E-state index >= 15 is 0 Å². The second-order valence-electron chi connectivity index (χ2n) is 8.31. The molecule has 2 aromatic rings. The fourth-order valence-electron chi connectivity index (χ4n) is 3.42. The van der Waals surface area contributed by atoms with Crippen LogP contribution in [0.4, 0.5) is 0 Å². The zero-order valence-electron chi connectivity index (χ0n) is 19.3. The Morgan fingerprint density at radius 2 is 1.71 bits per heavy atom. The monoisotopic (exact) mass is 440 g/mol. The van der Waals surface area contributed by atoms with Crippen molar-refractivity contribution in [2.45, 2.75) is 52.3 Å². The van der Waals surface area contributed by atoms with Gasteiger partial charge < -0.3 is 10.2 Å². The van der Waals surface area contributed by atoms with Crippen molar-refractivity contribution < 1.29 is 9.59 Å². The van der Waals surface area contributed by atoms with E-state index in [0.29, 0.717) is 31.2 Å². The zero-order valence-corrected chi connectivity index (χ0v) is 20.1. The Morgan fingerprint density at radius 1 is 1.03 bits per heavy atom. The highest BCUT2D eigenvalue weighted by atomic mass is 32.2. The number of nitrogens with zero attached hydrogens (tertiary/aromatic N) is 1. The molecule has 2 rings (SSSR count). The molecule has 0 aliphatic heterocycles. The number of benzene rings is 2. The fourth-order valence-corrected chi connectivity index (χ4v) is 4.41. The summed E-state index contributed by atoms with van der Waals surface area (Å²) in [5, 5.41) is 3.02. The molecule has 1 atom stereocenters. The van der Waals surface area contributed by atoms with Gasteiger partial charge in [0.15, 0.2) is 0 Å². The molecule has 1 N–H and O–H groups in total. The molecule has 2 amide bonds. The molecular formula is C26H36N2O2S. The van der Waals surface area contributed by atoms with Crippen molar-refractivity contribution in [1.82, 2.24) is 10.2 Å². The van der Waals surface area contributed by atoms with E-state index in [1.54, 1.807) is 16.7 Å². The summed E-state index contributed by atoms with van der Waals surface area (Å²) in [6.07, 6.45) is 1.34. The molecule has 0 aliphatic carbocycles. The molecule has 0 aliphatic rings. The summed E-state index contributed by atoms with van der Waals surface area (Å²) >= 11 is 1.61. The second kappa shape index (κ2) is 13.2. The van der Waals surface area contributed by atoms with E-state index in [2.05, 4.69) is 50.4 Å². The number of thioether (sulfide) groups is 1. The lowest BCUT2D eigenvalue weighted by Gasteiger charge is -2.31. The Labute approximate surface area is 191 Å². The topological polar surface area (TPSA) is 49.4 Å². The molecule has 31 heavy (non-hydrogen) atoms. The van der Waals surface area contributed by atoms with Crippen LogP contribution in [-0.4, -0.2) is 41.6 Å². The summed E-state index contributed by atoms with van der Waals surface area (Å²) in [6, 6.07) is 18.0. The minimum Gasteiger partial charge on any atom is -0.354 e. The Balaban J connectivity index is 2.05. The van der Waals surface area contributed by atoms with Gasteiger partial charge in [0, 0.05) is 18.8 Å². The van der Waals surface area contributed by atoms with Gasteiger partial charge in [-0.25, -0.2) is 0 Å². The average molecular weight is 441 g/mol. The van der Waals surface area contributed by atoms with E-state index in [-0.39, 0.29) is 11.8 Å². The lowest BCUT2D eigenvalue weighted by atomic mass is 10.1. The molecule has 0 bridgehead atoms. The molecule has 0 heterocycles. The van der Waals surface area contributed by atoms with E-state index in [0.717, 1.165) is 12.2 Å². The van der Waals surface area contributed by atoms with Crippen LogP contribution in [0.5, 0.6) is 0 Å². The Morgan fingerprint density at radius 3 is 2.35 bits per heavy atom. The minimum atomic E-state index is -0.436. The molecule has 5 heteroatoms. The van der Waals surface area contributed by atoms with Crippen molar-refractivity contribution >= 4 is 23.6 Å². The first-order chi connectivity index (χ1) is 14.9. The van der Waals surface area contributed by atoms with Crippen LogP contribution in [0, 0.1) is 12.8 Å². The molecule has 168 valence electrons. The zero-order chi connectivity index (χ0) is 22.6. The van der Waals surface area contributed by atoms with E-state index in [4.69, 9.17) is 0 Å². The highest BCUT2D eigenvalue weighted by Gasteiger charge is 2.28. The van der Waals surface area contributed by atoms with E-state index in [9.17, 15) is 9.59 Å². The van der Waals surface area contributed by atoms with Crippen LogP contribution in [0.25, 0.3) is 0 Å². The summed E-state index contributed by atoms with van der Waals surface area (Å²) in [5.41, 5.74) is 3.66. The molecule has 0 saturated heterocycles. The van der Waals surface area contributed by atoms with Gasteiger partial charge in [0.05, 0.1) is 5.75 Å². The molecule has 0 radical (unpaired) electrons. The number of rotatable bonds is 12. The smallest absolute Gasteiger partial charge is 0.242 e. The van der Waals surface area contributed by atoms with Crippen molar-refractivity contribution in [3.8, 4) is 0 Å². The molecule has 4 nitrogen and oxygen atoms in total. The van der Waals surface area contributed by atoms with Gasteiger partial charge >= 0.3 is 0 Å². The van der Waals surface area contributed by atoms with Gasteiger partial charge in [-0.3, -0.25) is 9.59 Å². The van der Waals surface area contributed by atoms with E-state index in [1.807, 2.05) is 37.3 Å². The number of amides is 2. The van der Waals surface area contributed by atoms with Gasteiger partial charge in [-0.1, -0.05) is 75.4 Å². The van der Waals surface area contributed by atoms with Crippen molar-refractivity contribution in [2.75, 3.05) is 18.8 Å².